The molecule has 1 aliphatic rings. The maximum absolute atomic E-state index is 13.4. The lowest BCUT2D eigenvalue weighted by Gasteiger charge is -2.26. The van der Waals surface area contributed by atoms with Gasteiger partial charge in [0.1, 0.15) is 17.3 Å². The van der Waals surface area contributed by atoms with Gasteiger partial charge in [0.05, 0.1) is 36.5 Å². The third kappa shape index (κ3) is 5.25. The molecule has 1 aliphatic heterocycles. The quantitative estimate of drug-likeness (QED) is 0.213. The maximum atomic E-state index is 13.4. The van der Waals surface area contributed by atoms with Crippen molar-refractivity contribution in [1.29, 1.82) is 5.26 Å². The zero-order chi connectivity index (χ0) is 27.2. The molecule has 1 unspecified atom stereocenters. The minimum atomic E-state index is -0.899. The highest BCUT2D eigenvalue weighted by molar-refractivity contribution is 6.51. The number of Topliss-reactive ketones (excluding diaryl/α,β-unsaturated/α-hetero) is 1. The smallest absolute Gasteiger partial charge is 0.300 e. The summed E-state index contributed by atoms with van der Waals surface area (Å²) in [5.74, 6) is -0.530. The van der Waals surface area contributed by atoms with Gasteiger partial charge < -0.3 is 14.6 Å². The molecule has 1 fully saturated rings. The molecule has 0 spiro atoms. The predicted molar refractivity (Wildman–Crippen MR) is 145 cm³/mol. The Hall–Kier alpha value is -4.57. The van der Waals surface area contributed by atoms with Crippen molar-refractivity contribution >= 4 is 23.1 Å². The van der Waals surface area contributed by atoms with Gasteiger partial charge in [-0.25, -0.2) is 0 Å². The lowest BCUT2D eigenvalue weighted by molar-refractivity contribution is -0.132. The Morgan fingerprint density at radius 2 is 1.68 bits per heavy atom. The average Bonchev–Trinajstić information content (AvgIpc) is 3.21. The van der Waals surface area contributed by atoms with Crippen LogP contribution in [0, 0.1) is 18.3 Å². The number of nitriles is 1. The number of carbonyl (C=O) groups excluding carboxylic acids is 2. The number of rotatable bonds is 9. The second-order valence-electron chi connectivity index (χ2n) is 9.08. The molecule has 194 valence electrons. The summed E-state index contributed by atoms with van der Waals surface area (Å²) in [6.07, 6.45) is 1.69. The van der Waals surface area contributed by atoms with Gasteiger partial charge in [-0.05, 0) is 85.5 Å². The number of ketones is 1. The Balaban J connectivity index is 1.87. The number of carbonyl (C=O) groups is 2. The van der Waals surface area contributed by atoms with E-state index in [0.29, 0.717) is 47.1 Å². The Kier molecular flexibility index (Phi) is 8.12. The van der Waals surface area contributed by atoms with Crippen LogP contribution in [-0.4, -0.2) is 30.0 Å². The fourth-order valence-electron chi connectivity index (χ4n) is 4.43. The van der Waals surface area contributed by atoms with Crippen LogP contribution in [0.5, 0.6) is 11.5 Å². The van der Waals surface area contributed by atoms with E-state index in [0.717, 1.165) is 18.4 Å². The van der Waals surface area contributed by atoms with Crippen LogP contribution in [0.1, 0.15) is 55.0 Å². The molecule has 0 aliphatic carbocycles. The van der Waals surface area contributed by atoms with Crippen LogP contribution in [0.3, 0.4) is 0 Å². The molecule has 3 aromatic carbocycles. The summed E-state index contributed by atoms with van der Waals surface area (Å²) in [5, 5.41) is 20.7. The summed E-state index contributed by atoms with van der Waals surface area (Å²) in [5.41, 5.74) is 2.67. The third-order valence-electron chi connectivity index (χ3n) is 6.28. The zero-order valence-electron chi connectivity index (χ0n) is 21.7. The van der Waals surface area contributed by atoms with Gasteiger partial charge in [-0.1, -0.05) is 26.0 Å². The fraction of sp³-hybridized carbons (Fsp3) is 0.258. The first kappa shape index (κ1) is 26.5. The largest absolute Gasteiger partial charge is 0.507 e. The van der Waals surface area contributed by atoms with E-state index in [2.05, 4.69) is 6.07 Å². The van der Waals surface area contributed by atoms with Gasteiger partial charge >= 0.3 is 0 Å². The lowest BCUT2D eigenvalue weighted by atomic mass is 9.94. The third-order valence-corrected chi connectivity index (χ3v) is 6.28. The number of ether oxygens (including phenoxy) is 2. The summed E-state index contributed by atoms with van der Waals surface area (Å²) in [4.78, 5) is 28.2. The van der Waals surface area contributed by atoms with Crippen LogP contribution < -0.4 is 14.4 Å². The first-order valence-electron chi connectivity index (χ1n) is 12.7. The molecule has 1 atom stereocenters. The maximum Gasteiger partial charge on any atom is 0.300 e. The highest BCUT2D eigenvalue weighted by Gasteiger charge is 2.47. The number of hydrogen-bond acceptors (Lipinski definition) is 6. The number of hydrogen-bond donors (Lipinski definition) is 1. The molecule has 3 aromatic rings. The molecule has 7 nitrogen and oxygen atoms in total. The number of aryl methyl sites for hydroxylation is 1. The van der Waals surface area contributed by atoms with Gasteiger partial charge in [-0.3, -0.25) is 14.5 Å². The minimum absolute atomic E-state index is 0.0198. The first-order valence-corrected chi connectivity index (χ1v) is 12.7. The Morgan fingerprint density at radius 1 is 0.974 bits per heavy atom. The van der Waals surface area contributed by atoms with E-state index in [1.165, 1.54) is 4.90 Å². The lowest BCUT2D eigenvalue weighted by Crippen LogP contribution is -2.29. The van der Waals surface area contributed by atoms with Gasteiger partial charge in [-0.15, -0.1) is 0 Å². The molecule has 4 rings (SSSR count). The van der Waals surface area contributed by atoms with Crippen molar-refractivity contribution in [1.82, 2.24) is 0 Å². The molecule has 0 saturated carbocycles. The van der Waals surface area contributed by atoms with Crippen LogP contribution in [0.2, 0.25) is 0 Å². The van der Waals surface area contributed by atoms with Gasteiger partial charge in [0.2, 0.25) is 0 Å². The normalized spacial score (nSPS) is 16.4. The van der Waals surface area contributed by atoms with Gasteiger partial charge in [0.15, 0.2) is 0 Å². The summed E-state index contributed by atoms with van der Waals surface area (Å²) in [6.45, 7) is 6.97. The standard InChI is InChI=1S/C31H30N2O5/c1-4-15-37-25-8-6-7-22(18-25)28-27(29(34)23-11-14-26(20(3)17-23)38-16-5-2)30(35)31(36)33(28)24-12-9-21(19-32)10-13-24/h6-14,17-18,28,34H,4-5,15-16H2,1-3H3/b29-27+. The topological polar surface area (TPSA) is 99.9 Å². The minimum Gasteiger partial charge on any atom is -0.507 e. The van der Waals surface area contributed by atoms with Gasteiger partial charge in [0, 0.05) is 11.3 Å². The van der Waals surface area contributed by atoms with Crippen molar-refractivity contribution in [3.63, 3.8) is 0 Å². The summed E-state index contributed by atoms with van der Waals surface area (Å²) in [6, 6.07) is 19.9. The molecule has 0 bridgehead atoms. The average molecular weight is 511 g/mol. The molecule has 0 radical (unpaired) electrons. The Labute approximate surface area is 222 Å². The molecular weight excluding hydrogens is 480 g/mol. The van der Waals surface area contributed by atoms with Crippen molar-refractivity contribution in [3.8, 4) is 17.6 Å². The van der Waals surface area contributed by atoms with Crippen molar-refractivity contribution in [2.45, 2.75) is 39.7 Å². The second-order valence-corrected chi connectivity index (χ2v) is 9.08. The highest BCUT2D eigenvalue weighted by Crippen LogP contribution is 2.43. The number of anilines is 1. The van der Waals surface area contributed by atoms with Crippen LogP contribution in [0.15, 0.2) is 72.3 Å². The highest BCUT2D eigenvalue weighted by atomic mass is 16.5. The molecule has 1 saturated heterocycles. The summed E-state index contributed by atoms with van der Waals surface area (Å²) < 4.78 is 11.6. The van der Waals surface area contributed by atoms with E-state index in [1.807, 2.05) is 26.8 Å². The molecular formula is C31H30N2O5. The van der Waals surface area contributed by atoms with Crippen molar-refractivity contribution in [3.05, 3.63) is 94.6 Å². The number of aliphatic hydroxyl groups is 1. The van der Waals surface area contributed by atoms with Crippen LogP contribution in [-0.2, 0) is 9.59 Å². The predicted octanol–water partition coefficient (Wildman–Crippen LogP) is 6.07. The number of nitrogens with zero attached hydrogens (tertiary/aromatic N) is 2. The number of aliphatic hydroxyl groups excluding tert-OH is 1. The van der Waals surface area contributed by atoms with Crippen LogP contribution >= 0.6 is 0 Å². The SMILES string of the molecule is CCCOc1cccc(C2/C(=C(\O)c3ccc(OCCC)c(C)c3)C(=O)C(=O)N2c2ccc(C#N)cc2)c1. The van der Waals surface area contributed by atoms with E-state index in [1.54, 1.807) is 60.7 Å². The van der Waals surface area contributed by atoms with Gasteiger partial charge in [-0.2, -0.15) is 5.26 Å². The van der Waals surface area contributed by atoms with E-state index in [9.17, 15) is 20.0 Å². The first-order chi connectivity index (χ1) is 18.4. The summed E-state index contributed by atoms with van der Waals surface area (Å²) in [7, 11) is 0. The molecule has 1 amide bonds. The molecule has 7 heteroatoms. The monoisotopic (exact) mass is 510 g/mol. The van der Waals surface area contributed by atoms with E-state index in [4.69, 9.17) is 9.47 Å². The second kappa shape index (κ2) is 11.7. The van der Waals surface area contributed by atoms with E-state index >= 15 is 0 Å². The Bertz CT molecular complexity index is 1420. The van der Waals surface area contributed by atoms with Crippen LogP contribution in [0.4, 0.5) is 5.69 Å². The summed E-state index contributed by atoms with van der Waals surface area (Å²) >= 11 is 0. The van der Waals surface area contributed by atoms with Crippen molar-refractivity contribution in [2.75, 3.05) is 18.1 Å². The number of amides is 1. The van der Waals surface area contributed by atoms with Gasteiger partial charge in [0.25, 0.3) is 11.7 Å². The number of benzene rings is 3. The molecule has 38 heavy (non-hydrogen) atoms. The van der Waals surface area contributed by atoms with Crippen molar-refractivity contribution < 1.29 is 24.2 Å². The van der Waals surface area contributed by atoms with Crippen molar-refractivity contribution in [2.24, 2.45) is 0 Å². The van der Waals surface area contributed by atoms with E-state index < -0.39 is 17.7 Å². The molecule has 1 heterocycles. The fourth-order valence-corrected chi connectivity index (χ4v) is 4.43. The molecule has 0 aromatic heterocycles. The van der Waals surface area contributed by atoms with Crippen LogP contribution in [0.25, 0.3) is 5.76 Å². The molecule has 1 N–H and O–H groups in total. The van der Waals surface area contributed by atoms with E-state index in [-0.39, 0.29) is 11.3 Å². The Morgan fingerprint density at radius 3 is 2.34 bits per heavy atom. The zero-order valence-corrected chi connectivity index (χ0v) is 21.7.